The van der Waals surface area contributed by atoms with E-state index < -0.39 is 23.2 Å². The number of thiocarbonyl (C=S) groups is 1. The minimum atomic E-state index is -1.06. The van der Waals surface area contributed by atoms with Crippen molar-refractivity contribution in [3.05, 3.63) is 93.4 Å². The topological polar surface area (TPSA) is 124 Å². The molecule has 2 aromatic carbocycles. The van der Waals surface area contributed by atoms with Gasteiger partial charge in [-0.15, -0.1) is 16.9 Å². The van der Waals surface area contributed by atoms with Gasteiger partial charge in [-0.05, 0) is 23.6 Å². The molecule has 2 atom stereocenters. The van der Waals surface area contributed by atoms with Gasteiger partial charge in [0.1, 0.15) is 16.1 Å². The summed E-state index contributed by atoms with van der Waals surface area (Å²) in [6.07, 6.45) is -0.540. The maximum absolute atomic E-state index is 13.0. The Morgan fingerprint density at radius 2 is 1.84 bits per heavy atom. The number of carbonyl (C=O) groups is 1. The number of hydrogen-bond donors (Lipinski definition) is 2. The monoisotopic (exact) mass is 567 g/mol. The quantitative estimate of drug-likeness (QED) is 0.308. The Bertz CT molecular complexity index is 1440. The fourth-order valence-electron chi connectivity index (χ4n) is 4.40. The molecular formula is C26H25N5O4S3. The van der Waals surface area contributed by atoms with Gasteiger partial charge in [-0.2, -0.15) is 4.98 Å². The molecule has 2 aliphatic heterocycles. The number of carboxylic acid groups (broad SMARTS) is 1. The van der Waals surface area contributed by atoms with Gasteiger partial charge in [-0.25, -0.2) is 9.48 Å². The number of benzene rings is 2. The number of thioether (sulfide) groups is 2. The van der Waals surface area contributed by atoms with Crippen LogP contribution in [0, 0.1) is 0 Å². The van der Waals surface area contributed by atoms with E-state index in [2.05, 4.69) is 10.1 Å². The zero-order chi connectivity index (χ0) is 27.0. The van der Waals surface area contributed by atoms with Crippen LogP contribution in [0.5, 0.6) is 5.88 Å². The van der Waals surface area contributed by atoms with Gasteiger partial charge in [0.05, 0.1) is 5.54 Å². The molecule has 38 heavy (non-hydrogen) atoms. The third-order valence-electron chi connectivity index (χ3n) is 6.33. The van der Waals surface area contributed by atoms with Crippen LogP contribution in [0.15, 0.2) is 81.9 Å². The van der Waals surface area contributed by atoms with Crippen molar-refractivity contribution in [2.24, 2.45) is 12.8 Å². The zero-order valence-corrected chi connectivity index (χ0v) is 23.1. The maximum atomic E-state index is 13.0. The van der Waals surface area contributed by atoms with E-state index >= 15 is 0 Å². The highest BCUT2D eigenvalue weighted by Crippen LogP contribution is 2.46. The Morgan fingerprint density at radius 1 is 1.24 bits per heavy atom. The average Bonchev–Trinajstić information content (AvgIpc) is 2.92. The van der Waals surface area contributed by atoms with Gasteiger partial charge in [0.25, 0.3) is 0 Å². The lowest BCUT2D eigenvalue weighted by molar-refractivity contribution is -0.134. The summed E-state index contributed by atoms with van der Waals surface area (Å²) in [7, 11) is 1.67. The van der Waals surface area contributed by atoms with Crippen LogP contribution in [0.4, 0.5) is 0 Å². The molecule has 12 heteroatoms. The summed E-state index contributed by atoms with van der Waals surface area (Å²) in [6.45, 7) is 1.82. The van der Waals surface area contributed by atoms with Crippen molar-refractivity contribution in [2.45, 2.75) is 29.1 Å². The molecule has 0 radical (unpaired) electrons. The molecule has 1 fully saturated rings. The fraction of sp³-hybridized carbons (Fsp3) is 0.269. The van der Waals surface area contributed by atoms with Gasteiger partial charge in [0.2, 0.25) is 0 Å². The number of hydrogen-bond acceptors (Lipinski definition) is 9. The largest absolute Gasteiger partial charge is 0.477 e. The van der Waals surface area contributed by atoms with Gasteiger partial charge in [0.15, 0.2) is 11.3 Å². The summed E-state index contributed by atoms with van der Waals surface area (Å²) in [5.41, 5.74) is 7.53. The summed E-state index contributed by atoms with van der Waals surface area (Å²) >= 11 is 8.19. The van der Waals surface area contributed by atoms with Crippen LogP contribution in [0.3, 0.4) is 0 Å². The predicted octanol–water partition coefficient (Wildman–Crippen LogP) is 3.21. The minimum Gasteiger partial charge on any atom is -0.477 e. The molecule has 0 amide bonds. The third kappa shape index (κ3) is 4.84. The first-order valence-electron chi connectivity index (χ1n) is 11.7. The lowest BCUT2D eigenvalue weighted by atomic mass is 9.91. The first-order valence-corrected chi connectivity index (χ1v) is 14.2. The van der Waals surface area contributed by atoms with Crippen molar-refractivity contribution in [3.63, 3.8) is 0 Å². The molecule has 5 rings (SSSR count). The molecule has 0 unspecified atom stereocenters. The molecule has 3 N–H and O–H groups in total. The van der Waals surface area contributed by atoms with E-state index in [0.29, 0.717) is 27.2 Å². The molecule has 9 nitrogen and oxygen atoms in total. The van der Waals surface area contributed by atoms with E-state index in [4.69, 9.17) is 22.7 Å². The zero-order valence-electron chi connectivity index (χ0n) is 20.6. The van der Waals surface area contributed by atoms with Crippen molar-refractivity contribution in [1.29, 1.82) is 0 Å². The lowest BCUT2D eigenvalue weighted by Crippen LogP contribution is -2.75. The first-order chi connectivity index (χ1) is 18.2. The van der Waals surface area contributed by atoms with E-state index in [1.807, 2.05) is 67.6 Å². The predicted molar refractivity (Wildman–Crippen MR) is 151 cm³/mol. The second-order valence-electron chi connectivity index (χ2n) is 9.11. The van der Waals surface area contributed by atoms with Gasteiger partial charge in [-0.1, -0.05) is 84.6 Å². The first kappa shape index (κ1) is 26.4. The highest BCUT2D eigenvalue weighted by atomic mass is 32.2. The van der Waals surface area contributed by atoms with E-state index in [1.54, 1.807) is 23.7 Å². The van der Waals surface area contributed by atoms with Crippen LogP contribution in [0.25, 0.3) is 0 Å². The van der Waals surface area contributed by atoms with Gasteiger partial charge in [0, 0.05) is 18.6 Å². The molecule has 0 spiro atoms. The summed E-state index contributed by atoms with van der Waals surface area (Å²) in [6, 6.07) is 19.2. The third-order valence-corrected chi connectivity index (χ3v) is 9.60. The van der Waals surface area contributed by atoms with Gasteiger partial charge >= 0.3 is 17.4 Å². The van der Waals surface area contributed by atoms with E-state index in [1.165, 1.54) is 16.4 Å². The molecule has 0 bridgehead atoms. The highest BCUT2D eigenvalue weighted by molar-refractivity contribution is 8.01. The van der Waals surface area contributed by atoms with Crippen molar-refractivity contribution >= 4 is 46.7 Å². The van der Waals surface area contributed by atoms with Crippen LogP contribution in [-0.4, -0.2) is 58.1 Å². The molecule has 0 aliphatic carbocycles. The van der Waals surface area contributed by atoms with Gasteiger partial charge < -0.3 is 20.5 Å². The second-order valence-corrected chi connectivity index (χ2v) is 11.5. The fourth-order valence-corrected chi connectivity index (χ4v) is 7.31. The highest BCUT2D eigenvalue weighted by Gasteiger charge is 2.56. The molecule has 196 valence electrons. The SMILES string of the molecule is Cn1nc(OC(c2ccccc2)c2ccccc2)c(=O)nc1SCC1=C(C(=O)O)N2C(=S)[C@@](C)(N)[C@@H]2SC1. The number of aromatic nitrogens is 3. The minimum absolute atomic E-state index is 0.121. The van der Waals surface area contributed by atoms with Crippen LogP contribution in [0.1, 0.15) is 24.2 Å². The number of carboxylic acids is 1. The average molecular weight is 568 g/mol. The van der Waals surface area contributed by atoms with E-state index in [9.17, 15) is 14.7 Å². The number of ether oxygens (including phenoxy) is 1. The Kier molecular flexibility index (Phi) is 7.32. The molecule has 3 aromatic rings. The molecule has 2 aliphatic rings. The maximum Gasteiger partial charge on any atom is 0.352 e. The Hall–Kier alpha value is -3.19. The van der Waals surface area contributed by atoms with Gasteiger partial charge in [-0.3, -0.25) is 4.79 Å². The number of aliphatic carboxylic acids is 1. The van der Waals surface area contributed by atoms with Crippen LogP contribution >= 0.6 is 35.7 Å². The standard InChI is InChI=1S/C26H25N5O4S3/c1-26(27)23(36)31-18(22(33)34)17(13-37-24(26)31)14-38-25-28-20(32)21(29-30(25)2)35-19(15-9-5-3-6-10-15)16-11-7-4-8-12-16/h3-12,19,24H,13-14,27H2,1-2H3,(H,33,34)/t24-,26+/m0/s1. The van der Waals surface area contributed by atoms with Crippen LogP contribution in [-0.2, 0) is 11.8 Å². The van der Waals surface area contributed by atoms with Crippen molar-refractivity contribution < 1.29 is 14.6 Å². The lowest BCUT2D eigenvalue weighted by Gasteiger charge is -2.56. The van der Waals surface area contributed by atoms with Crippen LogP contribution < -0.4 is 16.0 Å². The second kappa shape index (κ2) is 10.5. The number of nitrogens with two attached hydrogens (primary N) is 1. The summed E-state index contributed by atoms with van der Waals surface area (Å²) in [4.78, 5) is 31.3. The molecule has 0 saturated carbocycles. The summed E-state index contributed by atoms with van der Waals surface area (Å²) in [5, 5.41) is 14.4. The summed E-state index contributed by atoms with van der Waals surface area (Å²) in [5.74, 6) is -0.381. The molecule has 1 saturated heterocycles. The Labute approximate surface area is 233 Å². The van der Waals surface area contributed by atoms with E-state index in [0.717, 1.165) is 11.1 Å². The number of fused-ring (bicyclic) bond motifs is 1. The van der Waals surface area contributed by atoms with E-state index in [-0.39, 0.29) is 17.0 Å². The molecular weight excluding hydrogens is 543 g/mol. The van der Waals surface area contributed by atoms with Crippen LogP contribution in [0.2, 0.25) is 0 Å². The normalized spacial score (nSPS) is 20.8. The van der Waals surface area contributed by atoms with Crippen molar-refractivity contribution in [2.75, 3.05) is 11.5 Å². The molecule has 1 aromatic heterocycles. The Balaban J connectivity index is 1.38. The molecule has 3 heterocycles. The van der Waals surface area contributed by atoms with Crippen molar-refractivity contribution in [1.82, 2.24) is 19.7 Å². The number of aryl methyl sites for hydroxylation is 1. The number of nitrogens with zero attached hydrogens (tertiary/aromatic N) is 4. The number of rotatable bonds is 8. The Morgan fingerprint density at radius 3 is 2.42 bits per heavy atom. The smallest absolute Gasteiger partial charge is 0.352 e. The van der Waals surface area contributed by atoms with Crippen molar-refractivity contribution in [3.8, 4) is 5.88 Å². The summed E-state index contributed by atoms with van der Waals surface area (Å²) < 4.78 is 7.59.